The summed E-state index contributed by atoms with van der Waals surface area (Å²) in [5.74, 6) is 0. The maximum atomic E-state index is 3.44. The van der Waals surface area contributed by atoms with Crippen LogP contribution in [0.25, 0.3) is 0 Å². The second-order valence-electron chi connectivity index (χ2n) is 3.99. The summed E-state index contributed by atoms with van der Waals surface area (Å²) in [5, 5.41) is 4.00. The van der Waals surface area contributed by atoms with Gasteiger partial charge in [0.25, 0.3) is 0 Å². The van der Waals surface area contributed by atoms with E-state index in [0.717, 1.165) is 6.54 Å². The third-order valence-electron chi connectivity index (χ3n) is 2.45. The SMILES string of the molecule is CC(CNc1ccccc1)Sc1ccccc1. The summed E-state index contributed by atoms with van der Waals surface area (Å²) in [6.45, 7) is 3.22. The maximum Gasteiger partial charge on any atom is 0.0340 e. The Hall–Kier alpha value is -1.41. The number of hydrogen-bond donors (Lipinski definition) is 1. The van der Waals surface area contributed by atoms with Gasteiger partial charge in [-0.1, -0.05) is 43.3 Å². The van der Waals surface area contributed by atoms with Crippen LogP contribution in [0.15, 0.2) is 65.6 Å². The molecule has 0 spiro atoms. The van der Waals surface area contributed by atoms with Crippen molar-refractivity contribution < 1.29 is 0 Å². The third kappa shape index (κ3) is 4.16. The van der Waals surface area contributed by atoms with E-state index in [4.69, 9.17) is 0 Å². The van der Waals surface area contributed by atoms with Crippen molar-refractivity contribution in [3.63, 3.8) is 0 Å². The van der Waals surface area contributed by atoms with Crippen molar-refractivity contribution in [3.05, 3.63) is 60.7 Å². The first-order chi connectivity index (χ1) is 8.34. The number of benzene rings is 2. The Morgan fingerprint density at radius 2 is 1.53 bits per heavy atom. The second-order valence-corrected chi connectivity index (χ2v) is 5.50. The first kappa shape index (κ1) is 12.1. The van der Waals surface area contributed by atoms with Gasteiger partial charge < -0.3 is 5.32 Å². The number of rotatable bonds is 5. The Balaban J connectivity index is 1.80. The predicted octanol–water partition coefficient (Wildman–Crippen LogP) is 4.28. The van der Waals surface area contributed by atoms with Gasteiger partial charge in [-0.15, -0.1) is 11.8 Å². The van der Waals surface area contributed by atoms with Gasteiger partial charge in [0.05, 0.1) is 0 Å². The summed E-state index contributed by atoms with van der Waals surface area (Å²) < 4.78 is 0. The van der Waals surface area contributed by atoms with Gasteiger partial charge in [-0.2, -0.15) is 0 Å². The van der Waals surface area contributed by atoms with Gasteiger partial charge in [-0.05, 0) is 24.3 Å². The lowest BCUT2D eigenvalue weighted by atomic mass is 10.3. The van der Waals surface area contributed by atoms with Gasteiger partial charge >= 0.3 is 0 Å². The van der Waals surface area contributed by atoms with Crippen LogP contribution in [-0.4, -0.2) is 11.8 Å². The lowest BCUT2D eigenvalue weighted by Crippen LogP contribution is -2.12. The molecule has 2 heteroatoms. The summed E-state index contributed by atoms with van der Waals surface area (Å²) in [6, 6.07) is 20.9. The number of anilines is 1. The van der Waals surface area contributed by atoms with Crippen molar-refractivity contribution in [1.29, 1.82) is 0 Å². The summed E-state index contributed by atoms with van der Waals surface area (Å²) in [6.07, 6.45) is 0. The molecular weight excluding hydrogens is 226 g/mol. The molecule has 2 aromatic carbocycles. The van der Waals surface area contributed by atoms with Gasteiger partial charge in [0.2, 0.25) is 0 Å². The Kier molecular flexibility index (Phi) is 4.51. The maximum absolute atomic E-state index is 3.44. The molecule has 0 aliphatic rings. The Labute approximate surface area is 107 Å². The van der Waals surface area contributed by atoms with Gasteiger partial charge in [0.1, 0.15) is 0 Å². The molecule has 1 unspecified atom stereocenters. The molecule has 0 saturated carbocycles. The first-order valence-electron chi connectivity index (χ1n) is 5.85. The topological polar surface area (TPSA) is 12.0 Å². The number of hydrogen-bond acceptors (Lipinski definition) is 2. The van der Waals surface area contributed by atoms with E-state index in [1.807, 2.05) is 17.8 Å². The molecule has 0 fully saturated rings. The van der Waals surface area contributed by atoms with Gasteiger partial charge in [-0.3, -0.25) is 0 Å². The summed E-state index contributed by atoms with van der Waals surface area (Å²) in [5.41, 5.74) is 1.19. The van der Waals surface area contributed by atoms with Crippen LogP contribution < -0.4 is 5.32 Å². The van der Waals surface area contributed by atoms with E-state index in [0.29, 0.717) is 5.25 Å². The second kappa shape index (κ2) is 6.36. The molecule has 0 aliphatic carbocycles. The average molecular weight is 243 g/mol. The van der Waals surface area contributed by atoms with Crippen LogP contribution >= 0.6 is 11.8 Å². The fourth-order valence-electron chi connectivity index (χ4n) is 1.59. The van der Waals surface area contributed by atoms with E-state index in [2.05, 4.69) is 66.8 Å². The molecule has 88 valence electrons. The van der Waals surface area contributed by atoms with Crippen LogP contribution in [-0.2, 0) is 0 Å². The van der Waals surface area contributed by atoms with E-state index >= 15 is 0 Å². The van der Waals surface area contributed by atoms with Crippen LogP contribution in [0.2, 0.25) is 0 Å². The number of thioether (sulfide) groups is 1. The smallest absolute Gasteiger partial charge is 0.0340 e. The molecule has 0 amide bonds. The lowest BCUT2D eigenvalue weighted by Gasteiger charge is -2.13. The molecule has 0 aliphatic heterocycles. The molecule has 1 N–H and O–H groups in total. The van der Waals surface area contributed by atoms with Crippen LogP contribution in [0.3, 0.4) is 0 Å². The molecule has 2 rings (SSSR count). The van der Waals surface area contributed by atoms with E-state index in [9.17, 15) is 0 Å². The van der Waals surface area contributed by atoms with E-state index in [1.54, 1.807) is 0 Å². The van der Waals surface area contributed by atoms with Crippen LogP contribution in [0, 0.1) is 0 Å². The quantitative estimate of drug-likeness (QED) is 0.787. The molecule has 0 saturated heterocycles. The van der Waals surface area contributed by atoms with Gasteiger partial charge in [0, 0.05) is 22.4 Å². The summed E-state index contributed by atoms with van der Waals surface area (Å²) in [4.78, 5) is 1.33. The zero-order valence-corrected chi connectivity index (χ0v) is 10.8. The van der Waals surface area contributed by atoms with Crippen molar-refractivity contribution in [1.82, 2.24) is 0 Å². The molecule has 0 aromatic heterocycles. The van der Waals surface area contributed by atoms with Crippen molar-refractivity contribution in [2.75, 3.05) is 11.9 Å². The van der Waals surface area contributed by atoms with Crippen LogP contribution in [0.5, 0.6) is 0 Å². The van der Waals surface area contributed by atoms with Crippen LogP contribution in [0.4, 0.5) is 5.69 Å². The van der Waals surface area contributed by atoms with E-state index < -0.39 is 0 Å². The normalized spacial score (nSPS) is 12.1. The van der Waals surface area contributed by atoms with Gasteiger partial charge in [0.15, 0.2) is 0 Å². The molecule has 0 bridgehead atoms. The fourth-order valence-corrected chi connectivity index (χ4v) is 2.54. The largest absolute Gasteiger partial charge is 0.384 e. The van der Waals surface area contributed by atoms with E-state index in [-0.39, 0.29) is 0 Å². The number of nitrogens with one attached hydrogen (secondary N) is 1. The van der Waals surface area contributed by atoms with Crippen LogP contribution in [0.1, 0.15) is 6.92 Å². The standard InChI is InChI=1S/C15H17NS/c1-13(17-15-10-6-3-7-11-15)12-16-14-8-4-2-5-9-14/h2-11,13,16H,12H2,1H3. The minimum absolute atomic E-state index is 0.553. The molecule has 17 heavy (non-hydrogen) atoms. The summed E-state index contributed by atoms with van der Waals surface area (Å²) in [7, 11) is 0. The zero-order valence-electron chi connectivity index (χ0n) is 9.97. The molecule has 1 atom stereocenters. The van der Waals surface area contributed by atoms with Crippen molar-refractivity contribution in [2.45, 2.75) is 17.1 Å². The monoisotopic (exact) mass is 243 g/mol. The third-order valence-corrected chi connectivity index (χ3v) is 3.56. The highest BCUT2D eigenvalue weighted by Gasteiger charge is 2.03. The first-order valence-corrected chi connectivity index (χ1v) is 6.73. The molecule has 2 aromatic rings. The van der Waals surface area contributed by atoms with Crippen molar-refractivity contribution in [3.8, 4) is 0 Å². The van der Waals surface area contributed by atoms with Gasteiger partial charge in [-0.25, -0.2) is 0 Å². The minimum Gasteiger partial charge on any atom is -0.384 e. The average Bonchev–Trinajstić information content (AvgIpc) is 2.39. The highest BCUT2D eigenvalue weighted by Crippen LogP contribution is 2.22. The van der Waals surface area contributed by atoms with E-state index in [1.165, 1.54) is 10.6 Å². The Morgan fingerprint density at radius 3 is 2.18 bits per heavy atom. The fraction of sp³-hybridized carbons (Fsp3) is 0.200. The Morgan fingerprint density at radius 1 is 0.941 bits per heavy atom. The lowest BCUT2D eigenvalue weighted by molar-refractivity contribution is 0.999. The highest BCUT2D eigenvalue weighted by atomic mass is 32.2. The zero-order chi connectivity index (χ0) is 11.9. The number of para-hydroxylation sites is 1. The van der Waals surface area contributed by atoms with Crippen molar-refractivity contribution in [2.24, 2.45) is 0 Å². The van der Waals surface area contributed by atoms with Crippen molar-refractivity contribution >= 4 is 17.4 Å². The summed E-state index contributed by atoms with van der Waals surface area (Å²) >= 11 is 1.90. The Bertz CT molecular complexity index is 427. The highest BCUT2D eigenvalue weighted by molar-refractivity contribution is 8.00. The molecule has 0 radical (unpaired) electrons. The molecule has 0 heterocycles. The minimum atomic E-state index is 0.553. The molecule has 1 nitrogen and oxygen atoms in total. The predicted molar refractivity (Wildman–Crippen MR) is 76.7 cm³/mol. The molecular formula is C15H17NS.